The number of rotatable bonds is 4. The number of hydrogen-bond acceptors (Lipinski definition) is 4. The summed E-state index contributed by atoms with van der Waals surface area (Å²) in [5.74, 6) is -0.666. The van der Waals surface area contributed by atoms with Gasteiger partial charge in [-0.2, -0.15) is 0 Å². The topological polar surface area (TPSA) is 47.6 Å². The van der Waals surface area contributed by atoms with Crippen LogP contribution in [0.1, 0.15) is 0 Å². The van der Waals surface area contributed by atoms with E-state index in [9.17, 15) is 9.18 Å². The smallest absolute Gasteiger partial charge is 0.318 e. The largest absolute Gasteiger partial charge is 0.468 e. The standard InChI is InChI=1S/C12H14FNO3/c1-16-11(15)12(7-17-8-12)6-14-10-5-3-2-4-9(10)13/h2-5,14H,6-8H2,1H3. The van der Waals surface area contributed by atoms with E-state index in [0.717, 1.165) is 0 Å². The lowest BCUT2D eigenvalue weighted by Crippen LogP contribution is -2.54. The van der Waals surface area contributed by atoms with Gasteiger partial charge >= 0.3 is 5.97 Å². The van der Waals surface area contributed by atoms with Crippen molar-refractivity contribution in [1.82, 2.24) is 0 Å². The summed E-state index contributed by atoms with van der Waals surface area (Å²) >= 11 is 0. The lowest BCUT2D eigenvalue weighted by Gasteiger charge is -2.38. The third-order valence-corrected chi connectivity index (χ3v) is 2.87. The molecule has 1 aromatic rings. The fourth-order valence-electron chi connectivity index (χ4n) is 1.73. The number of halogens is 1. The summed E-state index contributed by atoms with van der Waals surface area (Å²) < 4.78 is 23.1. The Hall–Kier alpha value is -1.62. The van der Waals surface area contributed by atoms with Gasteiger partial charge in [-0.3, -0.25) is 4.79 Å². The van der Waals surface area contributed by atoms with Crippen molar-refractivity contribution >= 4 is 11.7 Å². The molecule has 2 rings (SSSR count). The molecule has 1 aromatic carbocycles. The summed E-state index contributed by atoms with van der Waals surface area (Å²) in [6.45, 7) is 0.920. The molecule has 92 valence electrons. The predicted molar refractivity (Wildman–Crippen MR) is 60.2 cm³/mol. The maximum atomic E-state index is 13.4. The van der Waals surface area contributed by atoms with E-state index in [0.29, 0.717) is 25.4 Å². The highest BCUT2D eigenvalue weighted by atomic mass is 19.1. The number of hydrogen-bond donors (Lipinski definition) is 1. The van der Waals surface area contributed by atoms with Gasteiger partial charge in [-0.05, 0) is 12.1 Å². The molecule has 17 heavy (non-hydrogen) atoms. The summed E-state index contributed by atoms with van der Waals surface area (Å²) in [4.78, 5) is 11.6. The maximum absolute atomic E-state index is 13.4. The van der Waals surface area contributed by atoms with Gasteiger partial charge in [0.1, 0.15) is 11.2 Å². The minimum absolute atomic E-state index is 0.306. The Kier molecular flexibility index (Phi) is 3.28. The molecule has 0 spiro atoms. The van der Waals surface area contributed by atoms with E-state index < -0.39 is 5.41 Å². The number of nitrogens with one attached hydrogen (secondary N) is 1. The second kappa shape index (κ2) is 4.71. The Morgan fingerprint density at radius 1 is 1.53 bits per heavy atom. The quantitative estimate of drug-likeness (QED) is 0.807. The number of benzene rings is 1. The minimum atomic E-state index is -0.684. The van der Waals surface area contributed by atoms with Gasteiger partial charge in [-0.25, -0.2) is 4.39 Å². The Morgan fingerprint density at radius 2 is 2.24 bits per heavy atom. The van der Waals surface area contributed by atoms with Crippen LogP contribution >= 0.6 is 0 Å². The summed E-state index contributed by atoms with van der Waals surface area (Å²) in [5, 5.41) is 2.92. The van der Waals surface area contributed by atoms with Crippen LogP contribution < -0.4 is 5.32 Å². The molecule has 0 radical (unpaired) electrons. The number of carbonyl (C=O) groups excluding carboxylic acids is 1. The van der Waals surface area contributed by atoms with Crippen LogP contribution in [0.5, 0.6) is 0 Å². The molecular weight excluding hydrogens is 225 g/mol. The van der Waals surface area contributed by atoms with Gasteiger partial charge < -0.3 is 14.8 Å². The molecule has 5 heteroatoms. The number of esters is 1. The van der Waals surface area contributed by atoms with Gasteiger partial charge in [0.15, 0.2) is 0 Å². The van der Waals surface area contributed by atoms with E-state index in [1.165, 1.54) is 13.2 Å². The molecule has 4 nitrogen and oxygen atoms in total. The lowest BCUT2D eigenvalue weighted by molar-refractivity contribution is -0.180. The Balaban J connectivity index is 2.02. The fraction of sp³-hybridized carbons (Fsp3) is 0.417. The van der Waals surface area contributed by atoms with Crippen molar-refractivity contribution in [2.24, 2.45) is 5.41 Å². The van der Waals surface area contributed by atoms with Gasteiger partial charge in [-0.1, -0.05) is 12.1 Å². The lowest BCUT2D eigenvalue weighted by atomic mass is 9.86. The molecule has 0 aromatic heterocycles. The fourth-order valence-corrected chi connectivity index (χ4v) is 1.73. The predicted octanol–water partition coefficient (Wildman–Crippen LogP) is 1.43. The maximum Gasteiger partial charge on any atom is 0.318 e. The van der Waals surface area contributed by atoms with Crippen LogP contribution in [0.15, 0.2) is 24.3 Å². The van der Waals surface area contributed by atoms with Gasteiger partial charge in [0.05, 0.1) is 26.0 Å². The van der Waals surface area contributed by atoms with Gasteiger partial charge in [0.25, 0.3) is 0 Å². The zero-order valence-corrected chi connectivity index (χ0v) is 9.53. The SMILES string of the molecule is COC(=O)C1(CNc2ccccc2F)COC1. The minimum Gasteiger partial charge on any atom is -0.468 e. The average molecular weight is 239 g/mol. The van der Waals surface area contributed by atoms with Crippen molar-refractivity contribution in [1.29, 1.82) is 0 Å². The normalized spacial score (nSPS) is 17.1. The second-order valence-electron chi connectivity index (χ2n) is 4.10. The molecule has 1 saturated heterocycles. The third kappa shape index (κ3) is 2.24. The number of para-hydroxylation sites is 1. The van der Waals surface area contributed by atoms with Crippen LogP contribution in [-0.2, 0) is 14.3 Å². The van der Waals surface area contributed by atoms with Crippen LogP contribution in [0.3, 0.4) is 0 Å². The molecule has 0 bridgehead atoms. The zero-order valence-electron chi connectivity index (χ0n) is 9.53. The highest BCUT2D eigenvalue weighted by molar-refractivity contribution is 5.78. The molecule has 1 heterocycles. The summed E-state index contributed by atoms with van der Waals surface area (Å²) in [7, 11) is 1.34. The first-order valence-electron chi connectivity index (χ1n) is 5.32. The molecule has 1 aliphatic rings. The first-order valence-corrected chi connectivity index (χ1v) is 5.32. The number of ether oxygens (including phenoxy) is 2. The van der Waals surface area contributed by atoms with Crippen molar-refractivity contribution in [2.75, 3.05) is 32.2 Å². The average Bonchev–Trinajstić information content (AvgIpc) is 2.29. The van der Waals surface area contributed by atoms with Crippen LogP contribution in [-0.4, -0.2) is 32.8 Å². The first-order chi connectivity index (χ1) is 8.18. The van der Waals surface area contributed by atoms with Crippen molar-refractivity contribution in [3.05, 3.63) is 30.1 Å². The van der Waals surface area contributed by atoms with Crippen molar-refractivity contribution in [2.45, 2.75) is 0 Å². The zero-order chi connectivity index (χ0) is 12.3. The molecule has 1 fully saturated rings. The second-order valence-corrected chi connectivity index (χ2v) is 4.10. The monoisotopic (exact) mass is 239 g/mol. The number of methoxy groups -OCH3 is 1. The summed E-state index contributed by atoms with van der Waals surface area (Å²) in [5.41, 5.74) is -0.306. The van der Waals surface area contributed by atoms with Crippen LogP contribution in [0.25, 0.3) is 0 Å². The third-order valence-electron chi connectivity index (χ3n) is 2.87. The van der Waals surface area contributed by atoms with Gasteiger partial charge in [0.2, 0.25) is 0 Å². The molecule has 0 saturated carbocycles. The molecule has 1 aliphatic heterocycles. The van der Waals surface area contributed by atoms with Crippen molar-refractivity contribution in [3.63, 3.8) is 0 Å². The summed E-state index contributed by atoms with van der Waals surface area (Å²) in [6.07, 6.45) is 0. The Morgan fingerprint density at radius 3 is 2.76 bits per heavy atom. The van der Waals surface area contributed by atoms with Crippen LogP contribution in [0.2, 0.25) is 0 Å². The Bertz CT molecular complexity index is 418. The van der Waals surface area contributed by atoms with E-state index in [-0.39, 0.29) is 11.8 Å². The van der Waals surface area contributed by atoms with E-state index in [1.54, 1.807) is 18.2 Å². The molecule has 0 unspecified atom stereocenters. The molecule has 0 atom stereocenters. The van der Waals surface area contributed by atoms with Gasteiger partial charge in [0, 0.05) is 6.54 Å². The van der Waals surface area contributed by atoms with Crippen molar-refractivity contribution < 1.29 is 18.7 Å². The van der Waals surface area contributed by atoms with Crippen LogP contribution in [0, 0.1) is 11.2 Å². The number of carbonyl (C=O) groups is 1. The van der Waals surface area contributed by atoms with Crippen molar-refractivity contribution in [3.8, 4) is 0 Å². The van der Waals surface area contributed by atoms with E-state index >= 15 is 0 Å². The highest BCUT2D eigenvalue weighted by Gasteiger charge is 2.47. The van der Waals surface area contributed by atoms with E-state index in [4.69, 9.17) is 9.47 Å². The molecule has 1 N–H and O–H groups in total. The number of anilines is 1. The molecular formula is C12H14FNO3. The van der Waals surface area contributed by atoms with E-state index in [2.05, 4.69) is 5.32 Å². The first kappa shape index (κ1) is 11.9. The molecule has 0 amide bonds. The highest BCUT2D eigenvalue weighted by Crippen LogP contribution is 2.29. The van der Waals surface area contributed by atoms with Crippen LogP contribution in [0.4, 0.5) is 10.1 Å². The van der Waals surface area contributed by atoms with E-state index in [1.807, 2.05) is 0 Å². The van der Waals surface area contributed by atoms with Gasteiger partial charge in [-0.15, -0.1) is 0 Å². The molecule has 0 aliphatic carbocycles. The summed E-state index contributed by atoms with van der Waals surface area (Å²) in [6, 6.07) is 6.33. The Labute approximate surface area is 98.7 Å².